The van der Waals surface area contributed by atoms with Gasteiger partial charge in [0.2, 0.25) is 0 Å². The van der Waals surface area contributed by atoms with Crippen molar-refractivity contribution in [3.05, 3.63) is 47.0 Å². The van der Waals surface area contributed by atoms with Crippen LogP contribution in [0.25, 0.3) is 0 Å². The van der Waals surface area contributed by atoms with Gasteiger partial charge in [-0.1, -0.05) is 6.07 Å². The van der Waals surface area contributed by atoms with Crippen molar-refractivity contribution in [1.82, 2.24) is 14.8 Å². The molecule has 1 unspecified atom stereocenters. The monoisotopic (exact) mass is 230 g/mol. The van der Waals surface area contributed by atoms with Crippen molar-refractivity contribution in [2.75, 3.05) is 6.54 Å². The number of aryl methyl sites for hydroxylation is 1. The van der Waals surface area contributed by atoms with E-state index in [1.54, 1.807) is 6.20 Å². The first-order valence-electron chi connectivity index (χ1n) is 5.78. The van der Waals surface area contributed by atoms with Crippen molar-refractivity contribution in [2.45, 2.75) is 26.8 Å². The minimum absolute atomic E-state index is 0.0172. The van der Waals surface area contributed by atoms with Gasteiger partial charge in [-0.3, -0.25) is 9.67 Å². The van der Waals surface area contributed by atoms with Crippen LogP contribution in [0.3, 0.4) is 0 Å². The van der Waals surface area contributed by atoms with Gasteiger partial charge in [-0.25, -0.2) is 0 Å². The molecule has 4 nitrogen and oxygen atoms in total. The molecule has 0 spiro atoms. The summed E-state index contributed by atoms with van der Waals surface area (Å²) in [6.45, 7) is 6.67. The normalized spacial score (nSPS) is 12.7. The number of nitrogens with two attached hydrogens (primary N) is 1. The highest BCUT2D eigenvalue weighted by Gasteiger charge is 2.18. The summed E-state index contributed by atoms with van der Waals surface area (Å²) in [4.78, 5) is 4.37. The van der Waals surface area contributed by atoms with Crippen molar-refractivity contribution in [1.29, 1.82) is 0 Å². The van der Waals surface area contributed by atoms with Gasteiger partial charge in [0.15, 0.2) is 0 Å². The Labute approximate surface area is 101 Å². The molecular formula is C13H18N4. The highest BCUT2D eigenvalue weighted by molar-refractivity contribution is 5.24. The minimum Gasteiger partial charge on any atom is -0.328 e. The molecule has 0 saturated heterocycles. The van der Waals surface area contributed by atoms with E-state index in [9.17, 15) is 0 Å². The first-order chi connectivity index (χ1) is 8.15. The fraction of sp³-hybridized carbons (Fsp3) is 0.385. The Morgan fingerprint density at radius 3 is 2.53 bits per heavy atom. The quantitative estimate of drug-likeness (QED) is 0.874. The van der Waals surface area contributed by atoms with Crippen LogP contribution in [0.1, 0.15) is 28.7 Å². The maximum Gasteiger partial charge on any atom is 0.106 e. The van der Waals surface area contributed by atoms with Crippen molar-refractivity contribution < 1.29 is 0 Å². The van der Waals surface area contributed by atoms with Crippen molar-refractivity contribution in [2.24, 2.45) is 5.73 Å². The number of pyridine rings is 1. The lowest BCUT2D eigenvalue weighted by Gasteiger charge is -2.16. The van der Waals surface area contributed by atoms with Crippen molar-refractivity contribution >= 4 is 0 Å². The molecule has 90 valence electrons. The summed E-state index contributed by atoms with van der Waals surface area (Å²) in [5.41, 5.74) is 10.3. The number of rotatable bonds is 3. The summed E-state index contributed by atoms with van der Waals surface area (Å²) in [7, 11) is 0. The fourth-order valence-corrected chi connectivity index (χ4v) is 1.97. The van der Waals surface area contributed by atoms with Gasteiger partial charge in [0.05, 0.1) is 11.4 Å². The van der Waals surface area contributed by atoms with Crippen LogP contribution < -0.4 is 5.73 Å². The molecule has 0 aliphatic heterocycles. The number of hydrogen-bond donors (Lipinski definition) is 1. The molecule has 1 atom stereocenters. The van der Waals surface area contributed by atoms with Gasteiger partial charge in [-0.2, -0.15) is 5.10 Å². The molecular weight excluding hydrogens is 212 g/mol. The second-order valence-electron chi connectivity index (χ2n) is 4.25. The molecule has 17 heavy (non-hydrogen) atoms. The number of hydrogen-bond acceptors (Lipinski definition) is 3. The van der Waals surface area contributed by atoms with E-state index >= 15 is 0 Å². The molecule has 2 aromatic rings. The molecule has 0 fully saturated rings. The third kappa shape index (κ3) is 2.08. The molecule has 0 bridgehead atoms. The largest absolute Gasteiger partial charge is 0.328 e. The van der Waals surface area contributed by atoms with Crippen molar-refractivity contribution in [3.8, 4) is 0 Å². The Morgan fingerprint density at radius 1 is 1.29 bits per heavy atom. The maximum atomic E-state index is 5.86. The lowest BCUT2D eigenvalue weighted by molar-refractivity contribution is 0.505. The predicted molar refractivity (Wildman–Crippen MR) is 67.9 cm³/mol. The van der Waals surface area contributed by atoms with E-state index < -0.39 is 0 Å². The van der Waals surface area contributed by atoms with Gasteiger partial charge < -0.3 is 5.73 Å². The molecule has 2 N–H and O–H groups in total. The molecule has 2 rings (SSSR count). The Bertz CT molecular complexity index is 502. The predicted octanol–water partition coefficient (Wildman–Crippen LogP) is 1.75. The zero-order chi connectivity index (χ0) is 12.4. The summed E-state index contributed by atoms with van der Waals surface area (Å²) in [5, 5.41) is 4.55. The molecule has 0 aromatic carbocycles. The van der Waals surface area contributed by atoms with Crippen LogP contribution in [0.5, 0.6) is 0 Å². The SMILES string of the molecule is Cc1nn(C(CN)c2ccccn2)c(C)c1C. The molecule has 4 heteroatoms. The van der Waals surface area contributed by atoms with Gasteiger partial charge in [0.1, 0.15) is 6.04 Å². The Kier molecular flexibility index (Phi) is 3.24. The summed E-state index contributed by atoms with van der Waals surface area (Å²) in [6, 6.07) is 5.89. The van der Waals surface area contributed by atoms with Crippen LogP contribution >= 0.6 is 0 Å². The number of aromatic nitrogens is 3. The Balaban J connectivity index is 2.46. The van der Waals surface area contributed by atoms with Gasteiger partial charge >= 0.3 is 0 Å². The zero-order valence-electron chi connectivity index (χ0n) is 10.5. The average molecular weight is 230 g/mol. The van der Waals surface area contributed by atoms with Crippen LogP contribution in [0.4, 0.5) is 0 Å². The van der Waals surface area contributed by atoms with Crippen LogP contribution in [-0.2, 0) is 0 Å². The smallest absolute Gasteiger partial charge is 0.106 e. The zero-order valence-corrected chi connectivity index (χ0v) is 10.5. The molecule has 0 aliphatic rings. The standard InChI is InChI=1S/C13H18N4/c1-9-10(2)16-17(11(9)3)13(8-14)12-6-4-5-7-15-12/h4-7,13H,8,14H2,1-3H3. The summed E-state index contributed by atoms with van der Waals surface area (Å²) < 4.78 is 1.98. The van der Waals surface area contributed by atoms with E-state index in [0.29, 0.717) is 6.54 Å². The van der Waals surface area contributed by atoms with Crippen LogP contribution in [0.2, 0.25) is 0 Å². The molecule has 2 heterocycles. The lowest BCUT2D eigenvalue weighted by Crippen LogP contribution is -2.23. The third-order valence-corrected chi connectivity index (χ3v) is 3.23. The van der Waals surface area contributed by atoms with Gasteiger partial charge in [0.25, 0.3) is 0 Å². The van der Waals surface area contributed by atoms with E-state index in [2.05, 4.69) is 23.9 Å². The molecule has 0 aliphatic carbocycles. The fourth-order valence-electron chi connectivity index (χ4n) is 1.97. The highest BCUT2D eigenvalue weighted by atomic mass is 15.3. The third-order valence-electron chi connectivity index (χ3n) is 3.23. The molecule has 0 amide bonds. The topological polar surface area (TPSA) is 56.7 Å². The first-order valence-corrected chi connectivity index (χ1v) is 5.78. The Hall–Kier alpha value is -1.68. The van der Waals surface area contributed by atoms with E-state index in [-0.39, 0.29) is 6.04 Å². The van der Waals surface area contributed by atoms with E-state index in [1.807, 2.05) is 29.8 Å². The Morgan fingerprint density at radius 2 is 2.06 bits per heavy atom. The van der Waals surface area contributed by atoms with E-state index in [0.717, 1.165) is 17.1 Å². The highest BCUT2D eigenvalue weighted by Crippen LogP contribution is 2.20. The van der Waals surface area contributed by atoms with Gasteiger partial charge in [-0.15, -0.1) is 0 Å². The maximum absolute atomic E-state index is 5.86. The first kappa shape index (κ1) is 11.8. The van der Waals surface area contributed by atoms with Gasteiger partial charge in [-0.05, 0) is 38.5 Å². The second-order valence-corrected chi connectivity index (χ2v) is 4.25. The van der Waals surface area contributed by atoms with Crippen LogP contribution in [0.15, 0.2) is 24.4 Å². The number of nitrogens with zero attached hydrogens (tertiary/aromatic N) is 3. The lowest BCUT2D eigenvalue weighted by atomic mass is 10.1. The average Bonchev–Trinajstić information content (AvgIpc) is 2.60. The summed E-state index contributed by atoms with van der Waals surface area (Å²) in [5.74, 6) is 0. The molecule has 2 aromatic heterocycles. The van der Waals surface area contributed by atoms with E-state index in [1.165, 1.54) is 5.56 Å². The minimum atomic E-state index is 0.0172. The van der Waals surface area contributed by atoms with Crippen LogP contribution in [0, 0.1) is 20.8 Å². The second kappa shape index (κ2) is 4.67. The summed E-state index contributed by atoms with van der Waals surface area (Å²) >= 11 is 0. The molecule has 0 radical (unpaired) electrons. The van der Waals surface area contributed by atoms with Crippen LogP contribution in [-0.4, -0.2) is 21.3 Å². The van der Waals surface area contributed by atoms with Crippen molar-refractivity contribution in [3.63, 3.8) is 0 Å². The summed E-state index contributed by atoms with van der Waals surface area (Å²) in [6.07, 6.45) is 1.79. The van der Waals surface area contributed by atoms with Gasteiger partial charge in [0, 0.05) is 18.4 Å². The molecule has 0 saturated carbocycles. The van der Waals surface area contributed by atoms with E-state index in [4.69, 9.17) is 5.73 Å².